The summed E-state index contributed by atoms with van der Waals surface area (Å²) < 4.78 is 38.8. The quantitative estimate of drug-likeness (QED) is 0.461. The lowest BCUT2D eigenvalue weighted by Crippen LogP contribution is -2.18. The van der Waals surface area contributed by atoms with Gasteiger partial charge in [0, 0.05) is 28.6 Å². The molecule has 28 heavy (non-hydrogen) atoms. The maximum absolute atomic E-state index is 12.3. The van der Waals surface area contributed by atoms with Crippen LogP contribution in [0.25, 0.3) is 11.0 Å². The zero-order valence-electron chi connectivity index (χ0n) is 15.2. The van der Waals surface area contributed by atoms with E-state index in [1.807, 2.05) is 12.1 Å². The van der Waals surface area contributed by atoms with Gasteiger partial charge < -0.3 is 18.7 Å². The van der Waals surface area contributed by atoms with Crippen LogP contribution in [0, 0.1) is 0 Å². The minimum atomic E-state index is -3.88. The lowest BCUT2D eigenvalue weighted by atomic mass is 10.1. The van der Waals surface area contributed by atoms with Crippen molar-refractivity contribution in [1.29, 1.82) is 0 Å². The molecule has 0 fully saturated rings. The van der Waals surface area contributed by atoms with Gasteiger partial charge in [-0.2, -0.15) is 8.42 Å². The highest BCUT2D eigenvalue weighted by atomic mass is 35.5. The number of rotatable bonds is 7. The molecule has 0 atom stereocenters. The third kappa shape index (κ3) is 4.83. The molecule has 7 nitrogen and oxygen atoms in total. The van der Waals surface area contributed by atoms with Crippen LogP contribution < -0.4 is 19.9 Å². The fourth-order valence-corrected chi connectivity index (χ4v) is 3.38. The van der Waals surface area contributed by atoms with E-state index in [1.54, 1.807) is 37.4 Å². The molecule has 1 heterocycles. The van der Waals surface area contributed by atoms with Gasteiger partial charge in [-0.3, -0.25) is 0 Å². The van der Waals surface area contributed by atoms with Gasteiger partial charge in [0.15, 0.2) is 0 Å². The van der Waals surface area contributed by atoms with Gasteiger partial charge in [0.05, 0.1) is 6.26 Å². The van der Waals surface area contributed by atoms with Crippen molar-refractivity contribution in [1.82, 2.24) is 5.32 Å². The minimum Gasteiger partial charge on any atom is -0.489 e. The Morgan fingerprint density at radius 3 is 2.64 bits per heavy atom. The molecule has 0 spiro atoms. The monoisotopic (exact) mass is 423 g/mol. The van der Waals surface area contributed by atoms with Crippen molar-refractivity contribution in [2.45, 2.75) is 13.2 Å². The van der Waals surface area contributed by atoms with Gasteiger partial charge in [0.25, 0.3) is 0 Å². The van der Waals surface area contributed by atoms with E-state index in [1.165, 1.54) is 0 Å². The average Bonchev–Trinajstić information content (AvgIpc) is 2.62. The Labute approximate surface area is 167 Å². The number of fused-ring (bicyclic) bond motifs is 1. The topological polar surface area (TPSA) is 94.8 Å². The molecule has 0 aliphatic carbocycles. The van der Waals surface area contributed by atoms with E-state index in [-0.39, 0.29) is 24.5 Å². The molecular weight excluding hydrogens is 406 g/mol. The number of hydrogen-bond acceptors (Lipinski definition) is 7. The highest BCUT2D eigenvalue weighted by Crippen LogP contribution is 2.29. The van der Waals surface area contributed by atoms with E-state index in [0.29, 0.717) is 21.7 Å². The van der Waals surface area contributed by atoms with E-state index in [0.717, 1.165) is 11.8 Å². The Balaban J connectivity index is 1.97. The third-order valence-electron chi connectivity index (χ3n) is 3.82. The molecule has 1 N–H and O–H groups in total. The first-order valence-electron chi connectivity index (χ1n) is 8.28. The molecule has 0 aliphatic rings. The number of hydrogen-bond donors (Lipinski definition) is 1. The summed E-state index contributed by atoms with van der Waals surface area (Å²) in [6.45, 7) is 0.505. The Morgan fingerprint density at radius 1 is 1.18 bits per heavy atom. The average molecular weight is 424 g/mol. The molecule has 0 aliphatic heterocycles. The van der Waals surface area contributed by atoms with Crippen LogP contribution in [0.1, 0.15) is 11.1 Å². The Hall–Kier alpha value is -2.55. The van der Waals surface area contributed by atoms with Crippen LogP contribution in [0.15, 0.2) is 51.7 Å². The summed E-state index contributed by atoms with van der Waals surface area (Å²) in [4.78, 5) is 12.3. The second-order valence-corrected chi connectivity index (χ2v) is 8.10. The van der Waals surface area contributed by atoms with E-state index >= 15 is 0 Å². The van der Waals surface area contributed by atoms with Gasteiger partial charge in [-0.05, 0) is 36.9 Å². The zero-order chi connectivity index (χ0) is 20.3. The lowest BCUT2D eigenvalue weighted by Gasteiger charge is -2.12. The molecule has 0 bridgehead atoms. The summed E-state index contributed by atoms with van der Waals surface area (Å²) in [5.74, 6) is 0.139. The molecule has 3 aromatic rings. The van der Waals surface area contributed by atoms with Crippen LogP contribution in [-0.2, 0) is 23.3 Å². The summed E-state index contributed by atoms with van der Waals surface area (Å²) in [7, 11) is -2.21. The van der Waals surface area contributed by atoms with Gasteiger partial charge in [-0.15, -0.1) is 0 Å². The summed E-state index contributed by atoms with van der Waals surface area (Å²) in [6.07, 6.45) is 0.868. The second kappa shape index (κ2) is 8.22. The molecule has 0 radical (unpaired) electrons. The predicted molar refractivity (Wildman–Crippen MR) is 107 cm³/mol. The van der Waals surface area contributed by atoms with Crippen LogP contribution in [-0.4, -0.2) is 21.7 Å². The van der Waals surface area contributed by atoms with Crippen molar-refractivity contribution in [3.63, 3.8) is 0 Å². The highest BCUT2D eigenvalue weighted by molar-refractivity contribution is 7.86. The fraction of sp³-hybridized carbons (Fsp3) is 0.211. The summed E-state index contributed by atoms with van der Waals surface area (Å²) in [5.41, 5.74) is 0.664. The van der Waals surface area contributed by atoms with Gasteiger partial charge in [-0.1, -0.05) is 23.7 Å². The number of benzene rings is 2. The van der Waals surface area contributed by atoms with Crippen molar-refractivity contribution in [3.05, 3.63) is 69.0 Å². The van der Waals surface area contributed by atoms with Crippen molar-refractivity contribution in [3.8, 4) is 11.5 Å². The van der Waals surface area contributed by atoms with Gasteiger partial charge >= 0.3 is 15.7 Å². The van der Waals surface area contributed by atoms with Crippen LogP contribution >= 0.6 is 11.6 Å². The standard InChI is InChI=1S/C19H18ClNO6S/c1-21-10-16-15-7-6-14(25-11-12-4-3-5-13(20)8-12)9-17(15)26-19(22)18(16)27-28(2,23)24/h3-9,21H,10-11H2,1-2H3. The Morgan fingerprint density at radius 2 is 1.96 bits per heavy atom. The van der Waals surface area contributed by atoms with Gasteiger partial charge in [-0.25, -0.2) is 4.79 Å². The lowest BCUT2D eigenvalue weighted by molar-refractivity contribution is 0.306. The first kappa shape index (κ1) is 20.2. The zero-order valence-corrected chi connectivity index (χ0v) is 16.8. The first-order valence-corrected chi connectivity index (χ1v) is 10.5. The van der Waals surface area contributed by atoms with E-state index < -0.39 is 15.7 Å². The molecule has 9 heteroatoms. The molecule has 148 valence electrons. The summed E-state index contributed by atoms with van der Waals surface area (Å²) >= 11 is 5.96. The Bertz CT molecular complexity index is 1170. The molecule has 0 amide bonds. The first-order chi connectivity index (χ1) is 13.3. The van der Waals surface area contributed by atoms with Crippen molar-refractivity contribution in [2.24, 2.45) is 0 Å². The van der Waals surface area contributed by atoms with E-state index in [2.05, 4.69) is 5.32 Å². The maximum Gasteiger partial charge on any atom is 0.381 e. The Kier molecular flexibility index (Phi) is 5.93. The molecule has 0 saturated heterocycles. The van der Waals surface area contributed by atoms with Crippen LogP contribution in [0.3, 0.4) is 0 Å². The fourth-order valence-electron chi connectivity index (χ4n) is 2.70. The summed E-state index contributed by atoms with van der Waals surface area (Å²) in [6, 6.07) is 12.2. The molecule has 2 aromatic carbocycles. The molecule has 0 unspecified atom stereocenters. The maximum atomic E-state index is 12.3. The van der Waals surface area contributed by atoms with Gasteiger partial charge in [0.2, 0.25) is 5.75 Å². The van der Waals surface area contributed by atoms with Gasteiger partial charge in [0.1, 0.15) is 17.9 Å². The normalized spacial score (nSPS) is 11.5. The number of ether oxygens (including phenoxy) is 1. The van der Waals surface area contributed by atoms with Crippen molar-refractivity contribution < 1.29 is 21.8 Å². The smallest absolute Gasteiger partial charge is 0.381 e. The van der Waals surface area contributed by atoms with Crippen LogP contribution in [0.2, 0.25) is 5.02 Å². The SMILES string of the molecule is CNCc1c(OS(C)(=O)=O)c(=O)oc2cc(OCc3cccc(Cl)c3)ccc12. The number of nitrogens with one attached hydrogen (secondary N) is 1. The van der Waals surface area contributed by atoms with E-state index in [9.17, 15) is 13.2 Å². The molecule has 3 rings (SSSR count). The minimum absolute atomic E-state index is 0.218. The third-order valence-corrected chi connectivity index (χ3v) is 4.53. The largest absolute Gasteiger partial charge is 0.489 e. The predicted octanol–water partition coefficient (Wildman–Crippen LogP) is 3.08. The van der Waals surface area contributed by atoms with Crippen molar-refractivity contribution in [2.75, 3.05) is 13.3 Å². The van der Waals surface area contributed by atoms with Crippen LogP contribution in [0.4, 0.5) is 0 Å². The summed E-state index contributed by atoms with van der Waals surface area (Å²) in [5, 5.41) is 4.05. The van der Waals surface area contributed by atoms with Crippen LogP contribution in [0.5, 0.6) is 11.5 Å². The molecule has 1 aromatic heterocycles. The molecule has 0 saturated carbocycles. The molecular formula is C19H18ClNO6S. The second-order valence-electron chi connectivity index (χ2n) is 6.09. The van der Waals surface area contributed by atoms with Crippen molar-refractivity contribution >= 4 is 32.7 Å². The highest BCUT2D eigenvalue weighted by Gasteiger charge is 2.20. The van der Waals surface area contributed by atoms with E-state index in [4.69, 9.17) is 24.9 Å². The number of halogens is 1.